The fourth-order valence-corrected chi connectivity index (χ4v) is 4.91. The van der Waals surface area contributed by atoms with E-state index in [1.54, 1.807) is 0 Å². The standard InChI is InChI=1S/C28H37N3O2/c32-27(26-12-11-24-9-6-10-25(24)21-26)13-14-28(33)29-15-4-5-16-30-17-19-31(20-18-30)22-23-7-2-1-3-8-23/h1-3,7-8,11-12,21H,4-6,9-10,13-20,22H2,(H,29,33). The fourth-order valence-electron chi connectivity index (χ4n) is 4.91. The number of aryl methyl sites for hydroxylation is 2. The number of piperazine rings is 1. The lowest BCUT2D eigenvalue weighted by atomic mass is 10.0. The van der Waals surface area contributed by atoms with E-state index in [9.17, 15) is 9.59 Å². The normalized spacial score (nSPS) is 16.5. The van der Waals surface area contributed by atoms with Crippen LogP contribution in [0.25, 0.3) is 0 Å². The lowest BCUT2D eigenvalue weighted by Crippen LogP contribution is -2.46. The smallest absolute Gasteiger partial charge is 0.220 e. The zero-order valence-electron chi connectivity index (χ0n) is 19.7. The number of hydrogen-bond donors (Lipinski definition) is 1. The molecule has 1 aliphatic carbocycles. The van der Waals surface area contributed by atoms with Gasteiger partial charge in [-0.15, -0.1) is 0 Å². The lowest BCUT2D eigenvalue weighted by Gasteiger charge is -2.34. The maximum atomic E-state index is 12.4. The van der Waals surface area contributed by atoms with Crippen molar-refractivity contribution in [3.8, 4) is 0 Å². The molecule has 1 saturated heterocycles. The molecule has 5 heteroatoms. The van der Waals surface area contributed by atoms with Gasteiger partial charge in [0.25, 0.3) is 0 Å². The van der Waals surface area contributed by atoms with Gasteiger partial charge >= 0.3 is 0 Å². The quantitative estimate of drug-likeness (QED) is 0.420. The van der Waals surface area contributed by atoms with Crippen molar-refractivity contribution in [1.82, 2.24) is 15.1 Å². The molecule has 0 bridgehead atoms. The number of benzene rings is 2. The summed E-state index contributed by atoms with van der Waals surface area (Å²) >= 11 is 0. The van der Waals surface area contributed by atoms with Gasteiger partial charge in [-0.3, -0.25) is 14.5 Å². The molecule has 2 aromatic carbocycles. The summed E-state index contributed by atoms with van der Waals surface area (Å²) in [6.45, 7) is 7.28. The molecular formula is C28H37N3O2. The molecule has 33 heavy (non-hydrogen) atoms. The van der Waals surface area contributed by atoms with Crippen LogP contribution in [0.2, 0.25) is 0 Å². The number of rotatable bonds is 11. The number of fused-ring (bicyclic) bond motifs is 1. The molecule has 0 saturated carbocycles. The minimum atomic E-state index is -0.0148. The predicted molar refractivity (Wildman–Crippen MR) is 132 cm³/mol. The number of unbranched alkanes of at least 4 members (excludes halogenated alkanes) is 1. The van der Waals surface area contributed by atoms with Crippen LogP contribution < -0.4 is 5.32 Å². The monoisotopic (exact) mass is 447 g/mol. The van der Waals surface area contributed by atoms with E-state index >= 15 is 0 Å². The van der Waals surface area contributed by atoms with Crippen LogP contribution in [0, 0.1) is 0 Å². The van der Waals surface area contributed by atoms with E-state index in [2.05, 4.69) is 51.5 Å². The second kappa shape index (κ2) is 12.1. The third-order valence-electron chi connectivity index (χ3n) is 6.94. The summed E-state index contributed by atoms with van der Waals surface area (Å²) in [6.07, 6.45) is 6.01. The van der Waals surface area contributed by atoms with Crippen LogP contribution in [0.15, 0.2) is 48.5 Å². The molecule has 176 valence electrons. The summed E-state index contributed by atoms with van der Waals surface area (Å²) in [4.78, 5) is 29.6. The van der Waals surface area contributed by atoms with Crippen molar-refractivity contribution in [1.29, 1.82) is 0 Å². The molecule has 2 aromatic rings. The Bertz CT molecular complexity index is 920. The Morgan fingerprint density at radius 1 is 0.818 bits per heavy atom. The average molecular weight is 448 g/mol. The van der Waals surface area contributed by atoms with Gasteiger partial charge in [-0.1, -0.05) is 42.5 Å². The van der Waals surface area contributed by atoms with Gasteiger partial charge in [0.05, 0.1) is 0 Å². The van der Waals surface area contributed by atoms with E-state index in [-0.39, 0.29) is 24.5 Å². The van der Waals surface area contributed by atoms with Crippen LogP contribution >= 0.6 is 0 Å². The summed E-state index contributed by atoms with van der Waals surface area (Å²) in [7, 11) is 0. The molecule has 5 nitrogen and oxygen atoms in total. The molecule has 0 aromatic heterocycles. The Labute approximate surface area is 198 Å². The number of Topliss-reactive ketones (excluding diaryl/α,β-unsaturated/α-hetero) is 1. The first-order valence-electron chi connectivity index (χ1n) is 12.6. The van der Waals surface area contributed by atoms with E-state index in [0.29, 0.717) is 6.54 Å². The minimum absolute atomic E-state index is 0.0148. The Morgan fingerprint density at radius 2 is 1.58 bits per heavy atom. The zero-order chi connectivity index (χ0) is 22.9. The van der Waals surface area contributed by atoms with Gasteiger partial charge in [-0.05, 0) is 61.4 Å². The number of hydrogen-bond acceptors (Lipinski definition) is 4. The molecule has 1 fully saturated rings. The summed E-state index contributed by atoms with van der Waals surface area (Å²) in [5, 5.41) is 2.99. The van der Waals surface area contributed by atoms with Crippen molar-refractivity contribution < 1.29 is 9.59 Å². The Kier molecular flexibility index (Phi) is 8.67. The highest BCUT2D eigenvalue weighted by Crippen LogP contribution is 2.23. The molecule has 0 atom stereocenters. The van der Waals surface area contributed by atoms with Crippen molar-refractivity contribution in [2.75, 3.05) is 39.3 Å². The van der Waals surface area contributed by atoms with Crippen LogP contribution in [0.3, 0.4) is 0 Å². The number of nitrogens with zero attached hydrogens (tertiary/aromatic N) is 2. The Hall–Kier alpha value is -2.50. The van der Waals surface area contributed by atoms with E-state index < -0.39 is 0 Å². The van der Waals surface area contributed by atoms with Gasteiger partial charge in [0, 0.05) is 57.7 Å². The maximum Gasteiger partial charge on any atom is 0.220 e. The molecule has 1 amide bonds. The minimum Gasteiger partial charge on any atom is -0.356 e. The third-order valence-corrected chi connectivity index (χ3v) is 6.94. The summed E-state index contributed by atoms with van der Waals surface area (Å²) in [5.41, 5.74) is 4.82. The SMILES string of the molecule is O=C(CCC(=O)c1ccc2c(c1)CCC2)NCCCCN1CCN(Cc2ccccc2)CC1. The number of ketones is 1. The number of nitrogens with one attached hydrogen (secondary N) is 1. The third kappa shape index (κ3) is 7.24. The zero-order valence-corrected chi connectivity index (χ0v) is 19.7. The number of amides is 1. The first kappa shape index (κ1) is 23.7. The summed E-state index contributed by atoms with van der Waals surface area (Å²) < 4.78 is 0. The molecule has 1 heterocycles. The highest BCUT2D eigenvalue weighted by atomic mass is 16.2. The predicted octanol–water partition coefficient (Wildman–Crippen LogP) is 3.85. The van der Waals surface area contributed by atoms with Crippen LogP contribution in [0.4, 0.5) is 0 Å². The van der Waals surface area contributed by atoms with Crippen molar-refractivity contribution in [2.24, 2.45) is 0 Å². The Balaban J connectivity index is 1.04. The van der Waals surface area contributed by atoms with Crippen molar-refractivity contribution in [2.45, 2.75) is 51.5 Å². The van der Waals surface area contributed by atoms with Crippen molar-refractivity contribution >= 4 is 11.7 Å². The highest BCUT2D eigenvalue weighted by molar-refractivity contribution is 5.98. The lowest BCUT2D eigenvalue weighted by molar-refractivity contribution is -0.121. The summed E-state index contributed by atoms with van der Waals surface area (Å²) in [6, 6.07) is 16.7. The van der Waals surface area contributed by atoms with Crippen molar-refractivity contribution in [3.05, 3.63) is 70.8 Å². The average Bonchev–Trinajstić information content (AvgIpc) is 3.32. The van der Waals surface area contributed by atoms with E-state index in [1.165, 1.54) is 23.1 Å². The first-order valence-corrected chi connectivity index (χ1v) is 12.6. The van der Waals surface area contributed by atoms with Crippen LogP contribution in [-0.2, 0) is 24.2 Å². The van der Waals surface area contributed by atoms with Crippen molar-refractivity contribution in [3.63, 3.8) is 0 Å². The molecule has 0 spiro atoms. The van der Waals surface area contributed by atoms with Crippen LogP contribution in [0.1, 0.15) is 59.2 Å². The van der Waals surface area contributed by atoms with E-state index in [4.69, 9.17) is 0 Å². The van der Waals surface area contributed by atoms with Gasteiger partial charge in [-0.2, -0.15) is 0 Å². The highest BCUT2D eigenvalue weighted by Gasteiger charge is 2.17. The molecule has 0 unspecified atom stereocenters. The summed E-state index contributed by atoms with van der Waals surface area (Å²) in [5.74, 6) is 0.0605. The molecule has 4 rings (SSSR count). The topological polar surface area (TPSA) is 52.7 Å². The second-order valence-corrected chi connectivity index (χ2v) is 9.42. The molecule has 0 radical (unpaired) electrons. The maximum absolute atomic E-state index is 12.4. The number of carbonyl (C=O) groups excluding carboxylic acids is 2. The fraction of sp³-hybridized carbons (Fsp3) is 0.500. The molecular weight excluding hydrogens is 410 g/mol. The Morgan fingerprint density at radius 3 is 2.39 bits per heavy atom. The van der Waals surface area contributed by atoms with Gasteiger partial charge in [0.1, 0.15) is 0 Å². The molecule has 1 N–H and O–H groups in total. The van der Waals surface area contributed by atoms with Gasteiger partial charge in [0.15, 0.2) is 5.78 Å². The van der Waals surface area contributed by atoms with Gasteiger partial charge in [0.2, 0.25) is 5.91 Å². The second-order valence-electron chi connectivity index (χ2n) is 9.42. The largest absolute Gasteiger partial charge is 0.356 e. The van der Waals surface area contributed by atoms with Crippen LogP contribution in [-0.4, -0.2) is 60.8 Å². The van der Waals surface area contributed by atoms with E-state index in [0.717, 1.165) is 70.5 Å². The van der Waals surface area contributed by atoms with Gasteiger partial charge < -0.3 is 10.2 Å². The molecule has 2 aliphatic rings. The van der Waals surface area contributed by atoms with E-state index in [1.807, 2.05) is 12.1 Å². The number of carbonyl (C=O) groups is 2. The molecule has 1 aliphatic heterocycles. The van der Waals surface area contributed by atoms with Gasteiger partial charge in [-0.25, -0.2) is 0 Å². The first-order chi connectivity index (χ1) is 16.2. The van der Waals surface area contributed by atoms with Crippen LogP contribution in [0.5, 0.6) is 0 Å².